The monoisotopic (exact) mass is 266 g/mol. The van der Waals surface area contributed by atoms with Gasteiger partial charge < -0.3 is 21.1 Å². The summed E-state index contributed by atoms with van der Waals surface area (Å²) >= 11 is 0. The highest BCUT2D eigenvalue weighted by molar-refractivity contribution is 5.89. The molecule has 4 N–H and O–H groups in total. The number of nitro benzene ring substituents is 1. The predicted octanol–water partition coefficient (Wildman–Crippen LogP) is 0.0506. The van der Waals surface area contributed by atoms with Crippen LogP contribution < -0.4 is 16.0 Å². The van der Waals surface area contributed by atoms with Gasteiger partial charge in [-0.1, -0.05) is 0 Å². The minimum absolute atomic E-state index is 0.0409. The third-order valence-corrected chi connectivity index (χ3v) is 2.82. The van der Waals surface area contributed by atoms with E-state index in [0.717, 1.165) is 0 Å². The Morgan fingerprint density at radius 1 is 1.42 bits per heavy atom. The van der Waals surface area contributed by atoms with Crippen LogP contribution in [0, 0.1) is 10.1 Å². The molecule has 19 heavy (non-hydrogen) atoms. The summed E-state index contributed by atoms with van der Waals surface area (Å²) < 4.78 is 0. The fourth-order valence-electron chi connectivity index (χ4n) is 1.63. The fourth-order valence-corrected chi connectivity index (χ4v) is 1.63. The van der Waals surface area contributed by atoms with E-state index in [1.807, 2.05) is 0 Å². The number of nitrogens with zero attached hydrogens (tertiary/aromatic N) is 1. The molecule has 2 amide bonds. The number of nitro groups is 1. The summed E-state index contributed by atoms with van der Waals surface area (Å²) in [5.41, 5.74) is -0.477. The number of hydrogen-bond acceptors (Lipinski definition) is 5. The number of nitrogens with one attached hydrogen (secondary N) is 3. The van der Waals surface area contributed by atoms with Crippen molar-refractivity contribution in [2.75, 3.05) is 25.0 Å². The Labute approximate surface area is 109 Å². The van der Waals surface area contributed by atoms with Crippen LogP contribution in [-0.2, 0) is 0 Å². The van der Waals surface area contributed by atoms with Gasteiger partial charge in [-0.3, -0.25) is 10.1 Å². The maximum atomic E-state index is 11.5. The van der Waals surface area contributed by atoms with Gasteiger partial charge in [-0.25, -0.2) is 4.79 Å². The minimum atomic E-state index is -0.882. The number of β-amino-alcohol motifs (C(OH)–C–C–N with tert-alkyl or cyclic N) is 1. The van der Waals surface area contributed by atoms with Crippen molar-refractivity contribution >= 4 is 17.4 Å². The standard InChI is InChI=1S/C11H14N4O4/c16-10(13-7-11(17)5-12-6-11)14-8-1-3-9(4-2-8)15(18)19/h1-4,12,17H,5-7H2,(H2,13,14,16). The molecule has 1 aliphatic rings. The zero-order valence-electron chi connectivity index (χ0n) is 10.0. The lowest BCUT2D eigenvalue weighted by Gasteiger charge is -2.37. The lowest BCUT2D eigenvalue weighted by molar-refractivity contribution is -0.384. The number of anilines is 1. The van der Waals surface area contributed by atoms with Gasteiger partial charge in [0.1, 0.15) is 5.60 Å². The van der Waals surface area contributed by atoms with E-state index >= 15 is 0 Å². The summed E-state index contributed by atoms with van der Waals surface area (Å²) in [5, 5.41) is 28.2. The highest BCUT2D eigenvalue weighted by Crippen LogP contribution is 2.15. The molecule has 0 aromatic heterocycles. The van der Waals surface area contributed by atoms with Crippen molar-refractivity contribution in [1.29, 1.82) is 0 Å². The Balaban J connectivity index is 1.83. The van der Waals surface area contributed by atoms with E-state index in [2.05, 4.69) is 16.0 Å². The van der Waals surface area contributed by atoms with Crippen LogP contribution >= 0.6 is 0 Å². The Morgan fingerprint density at radius 3 is 2.53 bits per heavy atom. The Kier molecular flexibility index (Phi) is 3.63. The molecule has 1 heterocycles. The van der Waals surface area contributed by atoms with Crippen LogP contribution in [0.5, 0.6) is 0 Å². The fraction of sp³-hybridized carbons (Fsp3) is 0.364. The topological polar surface area (TPSA) is 117 Å². The smallest absolute Gasteiger partial charge is 0.319 e. The number of non-ortho nitro benzene ring substituents is 1. The van der Waals surface area contributed by atoms with E-state index in [9.17, 15) is 20.0 Å². The average molecular weight is 266 g/mol. The SMILES string of the molecule is O=C(NCC1(O)CNC1)Nc1ccc([N+](=O)[O-])cc1. The summed E-state index contributed by atoms with van der Waals surface area (Å²) in [6.07, 6.45) is 0. The molecule has 8 nitrogen and oxygen atoms in total. The molecule has 0 atom stereocenters. The second-order valence-electron chi connectivity index (χ2n) is 4.44. The highest BCUT2D eigenvalue weighted by atomic mass is 16.6. The molecule has 1 aromatic carbocycles. The van der Waals surface area contributed by atoms with Gasteiger partial charge in [0.15, 0.2) is 0 Å². The average Bonchev–Trinajstić information content (AvgIpc) is 2.35. The first kappa shape index (κ1) is 13.2. The summed E-state index contributed by atoms with van der Waals surface area (Å²) in [5.74, 6) is 0. The van der Waals surface area contributed by atoms with E-state index in [1.165, 1.54) is 24.3 Å². The van der Waals surface area contributed by atoms with Crippen molar-refractivity contribution in [3.05, 3.63) is 34.4 Å². The van der Waals surface area contributed by atoms with Gasteiger partial charge in [0.2, 0.25) is 0 Å². The van der Waals surface area contributed by atoms with Crippen LogP contribution in [0.2, 0.25) is 0 Å². The lowest BCUT2D eigenvalue weighted by atomic mass is 9.98. The molecule has 0 radical (unpaired) electrons. The zero-order valence-corrected chi connectivity index (χ0v) is 10.0. The molecule has 0 saturated carbocycles. The second-order valence-corrected chi connectivity index (χ2v) is 4.44. The first-order valence-corrected chi connectivity index (χ1v) is 5.71. The molecular formula is C11H14N4O4. The number of benzene rings is 1. The van der Waals surface area contributed by atoms with Crippen molar-refractivity contribution < 1.29 is 14.8 Å². The quantitative estimate of drug-likeness (QED) is 0.454. The van der Waals surface area contributed by atoms with Gasteiger partial charge in [-0.05, 0) is 12.1 Å². The van der Waals surface area contributed by atoms with Gasteiger partial charge in [-0.15, -0.1) is 0 Å². The molecule has 1 saturated heterocycles. The molecule has 8 heteroatoms. The predicted molar refractivity (Wildman–Crippen MR) is 67.9 cm³/mol. The Bertz CT molecular complexity index is 484. The molecule has 2 rings (SSSR count). The van der Waals surface area contributed by atoms with Gasteiger partial charge in [0.05, 0.1) is 11.5 Å². The number of urea groups is 1. The van der Waals surface area contributed by atoms with Crippen LogP contribution in [0.3, 0.4) is 0 Å². The van der Waals surface area contributed by atoms with E-state index in [0.29, 0.717) is 18.8 Å². The number of rotatable bonds is 4. The maximum Gasteiger partial charge on any atom is 0.319 e. The third kappa shape index (κ3) is 3.39. The molecule has 1 aromatic rings. The molecule has 0 unspecified atom stereocenters. The van der Waals surface area contributed by atoms with Crippen molar-refractivity contribution in [3.63, 3.8) is 0 Å². The molecule has 0 spiro atoms. The zero-order chi connectivity index (χ0) is 13.9. The third-order valence-electron chi connectivity index (χ3n) is 2.82. The van der Waals surface area contributed by atoms with E-state index in [4.69, 9.17) is 0 Å². The number of hydrogen-bond donors (Lipinski definition) is 4. The number of carbonyl (C=O) groups excluding carboxylic acids is 1. The van der Waals surface area contributed by atoms with Crippen molar-refractivity contribution in [2.24, 2.45) is 0 Å². The van der Waals surface area contributed by atoms with Gasteiger partial charge in [0, 0.05) is 30.9 Å². The van der Waals surface area contributed by atoms with Crippen LogP contribution in [0.25, 0.3) is 0 Å². The van der Waals surface area contributed by atoms with Crippen LogP contribution in [0.1, 0.15) is 0 Å². The second kappa shape index (κ2) is 5.21. The Morgan fingerprint density at radius 2 is 2.05 bits per heavy atom. The van der Waals surface area contributed by atoms with E-state index < -0.39 is 16.6 Å². The summed E-state index contributed by atoms with van der Waals surface area (Å²) in [4.78, 5) is 21.5. The number of aliphatic hydroxyl groups is 1. The summed E-state index contributed by atoms with van der Waals surface area (Å²) in [6, 6.07) is 5.03. The molecular weight excluding hydrogens is 252 g/mol. The summed E-state index contributed by atoms with van der Waals surface area (Å²) in [7, 11) is 0. The first-order valence-electron chi connectivity index (χ1n) is 5.71. The van der Waals surface area contributed by atoms with Gasteiger partial charge >= 0.3 is 6.03 Å². The molecule has 0 bridgehead atoms. The van der Waals surface area contributed by atoms with Crippen molar-refractivity contribution in [1.82, 2.24) is 10.6 Å². The number of amides is 2. The minimum Gasteiger partial charge on any atom is -0.385 e. The lowest BCUT2D eigenvalue weighted by Crippen LogP contribution is -2.64. The number of carbonyl (C=O) groups is 1. The molecule has 0 aliphatic carbocycles. The van der Waals surface area contributed by atoms with Crippen molar-refractivity contribution in [3.8, 4) is 0 Å². The van der Waals surface area contributed by atoms with Crippen LogP contribution in [0.4, 0.5) is 16.2 Å². The van der Waals surface area contributed by atoms with Gasteiger partial charge in [0.25, 0.3) is 5.69 Å². The largest absolute Gasteiger partial charge is 0.385 e. The van der Waals surface area contributed by atoms with Crippen LogP contribution in [-0.4, -0.2) is 41.3 Å². The highest BCUT2D eigenvalue weighted by Gasteiger charge is 2.34. The molecule has 1 fully saturated rings. The van der Waals surface area contributed by atoms with E-state index in [1.54, 1.807) is 0 Å². The Hall–Kier alpha value is -2.19. The first-order chi connectivity index (χ1) is 8.98. The van der Waals surface area contributed by atoms with Crippen LogP contribution in [0.15, 0.2) is 24.3 Å². The normalized spacial score (nSPS) is 16.3. The maximum absolute atomic E-state index is 11.5. The summed E-state index contributed by atoms with van der Waals surface area (Å²) in [6.45, 7) is 1.05. The van der Waals surface area contributed by atoms with Crippen molar-refractivity contribution in [2.45, 2.75) is 5.60 Å². The van der Waals surface area contributed by atoms with E-state index in [-0.39, 0.29) is 12.2 Å². The molecule has 102 valence electrons. The van der Waals surface area contributed by atoms with Gasteiger partial charge in [-0.2, -0.15) is 0 Å². The molecule has 1 aliphatic heterocycles.